The van der Waals surface area contributed by atoms with E-state index in [2.05, 4.69) is 27.9 Å². The van der Waals surface area contributed by atoms with Crippen molar-refractivity contribution in [3.05, 3.63) is 82.0 Å². The van der Waals surface area contributed by atoms with Crippen molar-refractivity contribution in [3.8, 4) is 11.5 Å². The minimum atomic E-state index is -0.221. The molecule has 1 aromatic heterocycles. The molecule has 3 aromatic rings. The molecule has 124 valence electrons. The third kappa shape index (κ3) is 2.39. The Hall–Kier alpha value is -2.79. The second kappa shape index (κ2) is 5.63. The molecule has 2 atom stereocenters. The Morgan fingerprint density at radius 2 is 2.04 bits per heavy atom. The summed E-state index contributed by atoms with van der Waals surface area (Å²) in [7, 11) is 0. The topological polar surface area (TPSA) is 45.1 Å². The monoisotopic (exact) mass is 348 g/mol. The van der Waals surface area contributed by atoms with Gasteiger partial charge in [-0.1, -0.05) is 30.3 Å². The fraction of sp³-hybridized carbons (Fsp3) is 0.150. The molecule has 1 N–H and O–H groups in total. The third-order valence-corrected chi connectivity index (χ3v) is 5.41. The molecule has 2 aliphatic rings. The Balaban J connectivity index is 1.60. The second-order valence-electron chi connectivity index (χ2n) is 6.26. The first kappa shape index (κ1) is 14.5. The van der Waals surface area contributed by atoms with Gasteiger partial charge in [-0.25, -0.2) is 5.01 Å². The highest BCUT2D eigenvalue weighted by Gasteiger charge is 2.40. The normalized spacial score (nSPS) is 21.3. The van der Waals surface area contributed by atoms with Crippen molar-refractivity contribution >= 4 is 17.0 Å². The summed E-state index contributed by atoms with van der Waals surface area (Å²) in [6.45, 7) is 0. The smallest absolute Gasteiger partial charge is 0.214 e. The first-order chi connectivity index (χ1) is 12.3. The van der Waals surface area contributed by atoms with E-state index in [1.54, 1.807) is 23.5 Å². The molecular formula is C20H16N2O2S. The van der Waals surface area contributed by atoms with E-state index in [-0.39, 0.29) is 18.0 Å². The number of hydrazone groups is 1. The van der Waals surface area contributed by atoms with Crippen LogP contribution in [0.15, 0.2) is 70.5 Å². The molecule has 3 heterocycles. The van der Waals surface area contributed by atoms with Crippen LogP contribution >= 0.6 is 11.3 Å². The first-order valence-corrected chi connectivity index (χ1v) is 9.17. The number of fused-ring (bicyclic) bond motifs is 3. The molecule has 0 amide bonds. The largest absolute Gasteiger partial charge is 0.508 e. The summed E-state index contributed by atoms with van der Waals surface area (Å²) < 4.78 is 6.27. The molecule has 0 radical (unpaired) electrons. The Morgan fingerprint density at radius 3 is 2.88 bits per heavy atom. The van der Waals surface area contributed by atoms with Gasteiger partial charge in [-0.3, -0.25) is 0 Å². The fourth-order valence-corrected chi connectivity index (χ4v) is 4.20. The highest BCUT2D eigenvalue weighted by Crippen LogP contribution is 2.47. The van der Waals surface area contributed by atoms with Gasteiger partial charge in [0.2, 0.25) is 6.23 Å². The lowest BCUT2D eigenvalue weighted by Crippen LogP contribution is -2.33. The number of ether oxygens (including phenoxy) is 1. The van der Waals surface area contributed by atoms with Crippen LogP contribution in [0, 0.1) is 0 Å². The number of thiophene rings is 1. The van der Waals surface area contributed by atoms with Crippen molar-refractivity contribution in [3.63, 3.8) is 0 Å². The fourth-order valence-electron chi connectivity index (χ4n) is 3.53. The van der Waals surface area contributed by atoms with Crippen molar-refractivity contribution < 1.29 is 9.84 Å². The molecule has 2 aliphatic heterocycles. The summed E-state index contributed by atoms with van der Waals surface area (Å²) in [5, 5.41) is 20.9. The average molecular weight is 348 g/mol. The zero-order valence-electron chi connectivity index (χ0n) is 13.4. The first-order valence-electron chi connectivity index (χ1n) is 8.22. The van der Waals surface area contributed by atoms with Crippen LogP contribution in [0.25, 0.3) is 0 Å². The molecule has 0 aliphatic carbocycles. The summed E-state index contributed by atoms with van der Waals surface area (Å²) >= 11 is 1.66. The predicted molar refractivity (Wildman–Crippen MR) is 98.0 cm³/mol. The van der Waals surface area contributed by atoms with Crippen LogP contribution in [0.1, 0.15) is 35.4 Å². The number of benzene rings is 2. The Bertz CT molecular complexity index is 952. The predicted octanol–water partition coefficient (Wildman–Crippen LogP) is 4.70. The van der Waals surface area contributed by atoms with Gasteiger partial charge in [-0.15, -0.1) is 0 Å². The van der Waals surface area contributed by atoms with Gasteiger partial charge >= 0.3 is 0 Å². The van der Waals surface area contributed by atoms with Crippen molar-refractivity contribution in [2.75, 3.05) is 0 Å². The molecule has 5 heteroatoms. The Kier molecular flexibility index (Phi) is 3.28. The molecule has 2 unspecified atom stereocenters. The van der Waals surface area contributed by atoms with Crippen molar-refractivity contribution in [2.45, 2.75) is 18.7 Å². The van der Waals surface area contributed by atoms with Gasteiger partial charge in [-0.2, -0.15) is 16.4 Å². The van der Waals surface area contributed by atoms with Gasteiger partial charge in [0.05, 0.1) is 11.8 Å². The number of para-hydroxylation sites is 1. The van der Waals surface area contributed by atoms with E-state index in [1.165, 1.54) is 0 Å². The molecule has 2 aromatic carbocycles. The van der Waals surface area contributed by atoms with Crippen molar-refractivity contribution in [2.24, 2.45) is 5.10 Å². The van der Waals surface area contributed by atoms with Gasteiger partial charge in [-0.05, 0) is 35.0 Å². The molecule has 0 spiro atoms. The molecule has 0 bridgehead atoms. The van der Waals surface area contributed by atoms with Crippen LogP contribution in [-0.4, -0.2) is 15.8 Å². The molecule has 4 nitrogen and oxygen atoms in total. The highest BCUT2D eigenvalue weighted by atomic mass is 32.1. The zero-order valence-corrected chi connectivity index (χ0v) is 14.2. The van der Waals surface area contributed by atoms with Crippen LogP contribution in [-0.2, 0) is 0 Å². The van der Waals surface area contributed by atoms with Gasteiger partial charge in [0.15, 0.2) is 0 Å². The van der Waals surface area contributed by atoms with Crippen LogP contribution in [0.4, 0.5) is 0 Å². The lowest BCUT2D eigenvalue weighted by Gasteiger charge is -2.37. The summed E-state index contributed by atoms with van der Waals surface area (Å²) in [5.74, 6) is 1.18. The van der Waals surface area contributed by atoms with Gasteiger partial charge in [0.1, 0.15) is 11.5 Å². The van der Waals surface area contributed by atoms with E-state index in [4.69, 9.17) is 9.84 Å². The minimum absolute atomic E-state index is 0.146. The summed E-state index contributed by atoms with van der Waals surface area (Å²) in [4.78, 5) is 0. The SMILES string of the molecule is Oc1cccc(C2=NN3C(C2)c2ccccc2OC3c2ccsc2)c1. The number of nitrogens with zero attached hydrogens (tertiary/aromatic N) is 2. The number of phenolic OH excluding ortho intramolecular Hbond substituents is 1. The summed E-state index contributed by atoms with van der Waals surface area (Å²) in [5.41, 5.74) is 4.20. The van der Waals surface area contributed by atoms with E-state index in [9.17, 15) is 5.11 Å². The van der Waals surface area contributed by atoms with E-state index >= 15 is 0 Å². The van der Waals surface area contributed by atoms with E-state index in [0.717, 1.165) is 34.6 Å². The maximum atomic E-state index is 9.80. The van der Waals surface area contributed by atoms with Gasteiger partial charge in [0.25, 0.3) is 0 Å². The number of hydrogen-bond donors (Lipinski definition) is 1. The minimum Gasteiger partial charge on any atom is -0.508 e. The molecule has 25 heavy (non-hydrogen) atoms. The van der Waals surface area contributed by atoms with Gasteiger partial charge < -0.3 is 9.84 Å². The van der Waals surface area contributed by atoms with Crippen molar-refractivity contribution in [1.82, 2.24) is 5.01 Å². The number of rotatable bonds is 2. The Labute approximate surface area is 149 Å². The molecular weight excluding hydrogens is 332 g/mol. The second-order valence-corrected chi connectivity index (χ2v) is 7.04. The van der Waals surface area contributed by atoms with E-state index in [1.807, 2.05) is 30.3 Å². The van der Waals surface area contributed by atoms with Crippen LogP contribution < -0.4 is 4.74 Å². The van der Waals surface area contributed by atoms with Crippen LogP contribution in [0.3, 0.4) is 0 Å². The molecule has 0 saturated heterocycles. The van der Waals surface area contributed by atoms with Gasteiger partial charge in [0, 0.05) is 23.1 Å². The lowest BCUT2D eigenvalue weighted by atomic mass is 9.96. The third-order valence-electron chi connectivity index (χ3n) is 4.71. The van der Waals surface area contributed by atoms with Crippen LogP contribution in [0.2, 0.25) is 0 Å². The Morgan fingerprint density at radius 1 is 1.12 bits per heavy atom. The summed E-state index contributed by atoms with van der Waals surface area (Å²) in [6.07, 6.45) is 0.575. The summed E-state index contributed by atoms with van der Waals surface area (Å²) in [6, 6.07) is 17.7. The number of phenols is 1. The number of aromatic hydroxyl groups is 1. The zero-order chi connectivity index (χ0) is 16.8. The highest BCUT2D eigenvalue weighted by molar-refractivity contribution is 7.07. The lowest BCUT2D eigenvalue weighted by molar-refractivity contribution is -0.0187. The molecule has 5 rings (SSSR count). The van der Waals surface area contributed by atoms with E-state index < -0.39 is 0 Å². The average Bonchev–Trinajstić information content (AvgIpc) is 3.31. The van der Waals surface area contributed by atoms with E-state index in [0.29, 0.717) is 0 Å². The molecule has 0 fully saturated rings. The standard InChI is InChI=1S/C20H16N2O2S/c23-15-5-3-4-13(10-15)17-11-18-16-6-1-2-7-19(16)24-20(22(18)21-17)14-8-9-25-12-14/h1-10,12,18,20,23H,11H2. The van der Waals surface area contributed by atoms with Crippen molar-refractivity contribution in [1.29, 1.82) is 0 Å². The maximum Gasteiger partial charge on any atom is 0.214 e. The number of hydrogen-bond acceptors (Lipinski definition) is 5. The maximum absolute atomic E-state index is 9.80. The quantitative estimate of drug-likeness (QED) is 0.730. The molecule has 0 saturated carbocycles. The van der Waals surface area contributed by atoms with Crippen LogP contribution in [0.5, 0.6) is 11.5 Å².